The second-order valence-electron chi connectivity index (χ2n) is 4.32. The summed E-state index contributed by atoms with van der Waals surface area (Å²) < 4.78 is 8.43. The molecule has 7 heteroatoms. The lowest BCUT2D eigenvalue weighted by Gasteiger charge is -2.17. The van der Waals surface area contributed by atoms with Crippen LogP contribution in [-0.4, -0.2) is 31.7 Å². The van der Waals surface area contributed by atoms with Crippen molar-refractivity contribution in [1.82, 2.24) is 4.90 Å². The van der Waals surface area contributed by atoms with Crippen molar-refractivity contribution in [2.24, 2.45) is 5.73 Å². The van der Waals surface area contributed by atoms with Crippen LogP contribution in [-0.2, 0) is 9.53 Å². The van der Waals surface area contributed by atoms with Gasteiger partial charge in [-0.3, -0.25) is 9.69 Å². The van der Waals surface area contributed by atoms with E-state index in [-0.39, 0.29) is 25.2 Å². The van der Waals surface area contributed by atoms with Crippen LogP contribution in [0.4, 0.5) is 0 Å². The summed E-state index contributed by atoms with van der Waals surface area (Å²) in [5.41, 5.74) is 7.14. The summed E-state index contributed by atoms with van der Waals surface area (Å²) in [4.78, 5) is 13.5. The second kappa shape index (κ2) is 8.29. The third-order valence-electron chi connectivity index (χ3n) is 2.28. The first kappa shape index (κ1) is 17.9. The minimum Gasteiger partial charge on any atom is -0.449 e. The Labute approximate surface area is 154 Å². The molecular weight excluding hydrogens is 585 g/mol. The Morgan fingerprint density at radius 2 is 1.84 bits per heavy atom. The van der Waals surface area contributed by atoms with Gasteiger partial charge < -0.3 is 10.5 Å². The summed E-state index contributed by atoms with van der Waals surface area (Å²) in [6, 6.07) is 3.79. The van der Waals surface area contributed by atoms with Crippen LogP contribution in [0.2, 0.25) is 0 Å². The van der Waals surface area contributed by atoms with Crippen molar-refractivity contribution in [2.45, 2.75) is 12.5 Å². The Morgan fingerprint density at radius 3 is 2.32 bits per heavy atom. The van der Waals surface area contributed by atoms with Crippen molar-refractivity contribution in [3.8, 4) is 0 Å². The van der Waals surface area contributed by atoms with E-state index < -0.39 is 0 Å². The van der Waals surface area contributed by atoms with Crippen LogP contribution >= 0.6 is 67.8 Å². The summed E-state index contributed by atoms with van der Waals surface area (Å²) >= 11 is 6.78. The monoisotopic (exact) mass is 600 g/mol. The van der Waals surface area contributed by atoms with Gasteiger partial charge in [0.25, 0.3) is 0 Å². The van der Waals surface area contributed by atoms with Crippen molar-refractivity contribution >= 4 is 73.7 Å². The van der Waals surface area contributed by atoms with Crippen LogP contribution < -0.4 is 5.73 Å². The van der Waals surface area contributed by atoms with E-state index in [9.17, 15) is 4.79 Å². The van der Waals surface area contributed by atoms with Gasteiger partial charge in [0.1, 0.15) is 6.73 Å². The van der Waals surface area contributed by atoms with E-state index in [0.29, 0.717) is 0 Å². The molecule has 1 unspecified atom stereocenters. The molecule has 4 nitrogen and oxygen atoms in total. The highest BCUT2D eigenvalue weighted by Gasteiger charge is 2.18. The van der Waals surface area contributed by atoms with Gasteiger partial charge in [-0.2, -0.15) is 0 Å². The second-order valence-corrected chi connectivity index (χ2v) is 7.89. The number of rotatable bonds is 5. The molecule has 0 radical (unpaired) electrons. The van der Waals surface area contributed by atoms with Gasteiger partial charge in [-0.25, -0.2) is 0 Å². The number of halogens is 3. The zero-order chi connectivity index (χ0) is 14.6. The molecule has 1 aromatic rings. The first-order chi connectivity index (χ1) is 8.81. The lowest BCUT2D eigenvalue weighted by molar-refractivity contribution is -0.147. The largest absolute Gasteiger partial charge is 0.449 e. The molecule has 0 heterocycles. The van der Waals surface area contributed by atoms with E-state index >= 15 is 0 Å². The summed E-state index contributed by atoms with van der Waals surface area (Å²) in [5.74, 6) is -0.272. The number of hydrogen-bond acceptors (Lipinski definition) is 4. The molecule has 0 amide bonds. The van der Waals surface area contributed by atoms with Crippen molar-refractivity contribution in [1.29, 1.82) is 0 Å². The number of esters is 1. The predicted octanol–water partition coefficient (Wildman–Crippen LogP) is 2.95. The number of benzene rings is 1. The van der Waals surface area contributed by atoms with E-state index in [2.05, 4.69) is 79.9 Å². The van der Waals surface area contributed by atoms with Crippen LogP contribution in [0, 0.1) is 10.7 Å². The maximum absolute atomic E-state index is 11.7. The van der Waals surface area contributed by atoms with E-state index in [1.54, 1.807) is 4.90 Å². The molecule has 0 aliphatic carbocycles. The summed E-state index contributed by atoms with van der Waals surface area (Å²) in [5, 5.41) is 0. The third kappa shape index (κ3) is 5.98. The minimum absolute atomic E-state index is 0.195. The molecule has 0 fully saturated rings. The Kier molecular flexibility index (Phi) is 7.79. The van der Waals surface area contributed by atoms with Crippen molar-refractivity contribution in [2.75, 3.05) is 20.8 Å². The quantitative estimate of drug-likeness (QED) is 0.321. The summed E-state index contributed by atoms with van der Waals surface area (Å²) in [6.07, 6.45) is 0.195. The molecule has 0 aliphatic heterocycles. The fourth-order valence-corrected chi connectivity index (χ4v) is 5.83. The van der Waals surface area contributed by atoms with Crippen LogP contribution in [0.1, 0.15) is 18.0 Å². The molecule has 0 spiro atoms. The van der Waals surface area contributed by atoms with Crippen molar-refractivity contribution in [3.63, 3.8) is 0 Å². The van der Waals surface area contributed by atoms with Crippen LogP contribution in [0.5, 0.6) is 0 Å². The molecule has 1 rings (SSSR count). The molecule has 1 atom stereocenters. The van der Waals surface area contributed by atoms with E-state index in [0.717, 1.165) is 16.3 Å². The van der Waals surface area contributed by atoms with Gasteiger partial charge in [0.15, 0.2) is 0 Å². The molecule has 106 valence electrons. The van der Waals surface area contributed by atoms with E-state index in [1.165, 1.54) is 0 Å². The van der Waals surface area contributed by atoms with Crippen molar-refractivity contribution in [3.05, 3.63) is 28.4 Å². The fourth-order valence-electron chi connectivity index (χ4n) is 1.45. The van der Waals surface area contributed by atoms with Crippen molar-refractivity contribution < 1.29 is 9.53 Å². The molecule has 0 bridgehead atoms. The lowest BCUT2D eigenvalue weighted by atomic mass is 10.1. The van der Waals surface area contributed by atoms with Gasteiger partial charge in [-0.05, 0) is 99.6 Å². The summed E-state index contributed by atoms with van der Waals surface area (Å²) in [7, 11) is 3.69. The van der Waals surface area contributed by atoms with Gasteiger partial charge in [0.2, 0.25) is 0 Å². The zero-order valence-electron chi connectivity index (χ0n) is 10.6. The average Bonchev–Trinajstić information content (AvgIpc) is 2.24. The Balaban J connectivity index is 2.73. The van der Waals surface area contributed by atoms with Gasteiger partial charge in [-0.15, -0.1) is 0 Å². The van der Waals surface area contributed by atoms with Crippen LogP contribution in [0.3, 0.4) is 0 Å². The molecule has 0 aromatic heterocycles. The molecular formula is C12H15I3N2O2. The van der Waals surface area contributed by atoms with Gasteiger partial charge >= 0.3 is 5.97 Å². The van der Waals surface area contributed by atoms with E-state index in [4.69, 9.17) is 10.5 Å². The van der Waals surface area contributed by atoms with Gasteiger partial charge in [-0.1, -0.05) is 0 Å². The predicted molar refractivity (Wildman–Crippen MR) is 101 cm³/mol. The Morgan fingerprint density at radius 1 is 1.32 bits per heavy atom. The highest BCUT2D eigenvalue weighted by molar-refractivity contribution is 14.1. The Bertz CT molecular complexity index is 443. The van der Waals surface area contributed by atoms with Crippen LogP contribution in [0.15, 0.2) is 12.1 Å². The van der Waals surface area contributed by atoms with Gasteiger partial charge in [0.05, 0.1) is 6.42 Å². The van der Waals surface area contributed by atoms with Gasteiger partial charge in [0, 0.05) is 16.8 Å². The number of nitrogens with two attached hydrogens (primary N) is 1. The number of carbonyl (C=O) groups excluding carboxylic acids is 1. The average molecular weight is 600 g/mol. The molecule has 1 aromatic carbocycles. The number of carbonyl (C=O) groups is 1. The van der Waals surface area contributed by atoms with Crippen LogP contribution in [0.25, 0.3) is 0 Å². The maximum Gasteiger partial charge on any atom is 0.309 e. The molecule has 0 saturated carbocycles. The number of hydrogen-bond donors (Lipinski definition) is 1. The topological polar surface area (TPSA) is 55.6 Å². The minimum atomic E-state index is -0.328. The molecule has 0 aliphatic rings. The Hall–Kier alpha value is 0.800. The first-order valence-corrected chi connectivity index (χ1v) is 8.75. The van der Waals surface area contributed by atoms with E-state index in [1.807, 2.05) is 14.1 Å². The highest BCUT2D eigenvalue weighted by atomic mass is 127. The number of nitrogens with zero attached hydrogens (tertiary/aromatic N) is 1. The maximum atomic E-state index is 11.7. The molecule has 0 saturated heterocycles. The highest BCUT2D eigenvalue weighted by Crippen LogP contribution is 2.28. The SMILES string of the molecule is CN(C)COC(=O)CC(N)c1c(I)cc(I)cc1I. The first-order valence-electron chi connectivity index (χ1n) is 5.51. The fraction of sp³-hybridized carbons (Fsp3) is 0.417. The smallest absolute Gasteiger partial charge is 0.309 e. The summed E-state index contributed by atoms with van der Waals surface area (Å²) in [6.45, 7) is 0.284. The standard InChI is InChI=1S/C12H15I3N2O2/c1-17(2)6-19-11(18)5-10(16)12-8(14)3-7(13)4-9(12)15/h3-4,10H,5-6,16H2,1-2H3. The number of ether oxygens (including phenoxy) is 1. The normalized spacial score (nSPS) is 12.6. The molecule has 19 heavy (non-hydrogen) atoms. The lowest BCUT2D eigenvalue weighted by Crippen LogP contribution is -2.23. The zero-order valence-corrected chi connectivity index (χ0v) is 17.1. The molecule has 2 N–H and O–H groups in total. The third-order valence-corrected chi connectivity index (χ3v) is 4.69.